The van der Waals surface area contributed by atoms with Gasteiger partial charge in [0.25, 0.3) is 0 Å². The monoisotopic (exact) mass is 390 g/mol. The molecule has 0 aliphatic heterocycles. The van der Waals surface area contributed by atoms with Crippen molar-refractivity contribution in [3.63, 3.8) is 0 Å². The summed E-state index contributed by atoms with van der Waals surface area (Å²) in [7, 11) is 0. The molecule has 2 nitrogen and oxygen atoms in total. The Bertz CT molecular complexity index is 700. The minimum Gasteiger partial charge on any atom is -0.264 e. The highest BCUT2D eigenvalue weighted by molar-refractivity contribution is 5.81. The van der Waals surface area contributed by atoms with Gasteiger partial charge in [-0.15, -0.1) is 0 Å². The molecule has 2 heterocycles. The van der Waals surface area contributed by atoms with Crippen molar-refractivity contribution in [3.8, 4) is 0 Å². The van der Waals surface area contributed by atoms with Crippen LogP contribution in [0.25, 0.3) is 21.7 Å². The second kappa shape index (κ2) is 15.2. The Morgan fingerprint density at radius 3 is 1.59 bits per heavy atom. The summed E-state index contributed by atoms with van der Waals surface area (Å²) in [6, 6.07) is 22.3. The summed E-state index contributed by atoms with van der Waals surface area (Å²) in [4.78, 5) is 8.19. The predicted molar refractivity (Wildman–Crippen MR) is 131 cm³/mol. The molecule has 4 rings (SSSR count). The first kappa shape index (κ1) is 26.3. The molecular weight excluding hydrogens is 352 g/mol. The van der Waals surface area contributed by atoms with E-state index >= 15 is 0 Å². The second-order valence-electron chi connectivity index (χ2n) is 7.88. The van der Waals surface area contributed by atoms with Gasteiger partial charge in [-0.25, -0.2) is 0 Å². The van der Waals surface area contributed by atoms with Gasteiger partial charge in [0.2, 0.25) is 0 Å². The van der Waals surface area contributed by atoms with Gasteiger partial charge >= 0.3 is 0 Å². The van der Waals surface area contributed by atoms with Crippen molar-refractivity contribution < 1.29 is 0 Å². The van der Waals surface area contributed by atoms with E-state index in [0.29, 0.717) is 0 Å². The number of aromatic nitrogens is 2. The van der Waals surface area contributed by atoms with E-state index in [1.165, 1.54) is 16.2 Å². The first-order chi connectivity index (χ1) is 13.4. The average Bonchev–Trinajstić information content (AvgIpc) is 2.68. The van der Waals surface area contributed by atoms with Crippen LogP contribution in [0, 0.1) is 11.8 Å². The molecule has 0 fully saturated rings. The van der Waals surface area contributed by atoms with Crippen LogP contribution in [0.2, 0.25) is 0 Å². The summed E-state index contributed by atoms with van der Waals surface area (Å²) in [6.07, 6.45) is 5.49. The number of hydrogen-bond acceptors (Lipinski definition) is 2. The van der Waals surface area contributed by atoms with Gasteiger partial charge in [-0.05, 0) is 40.8 Å². The molecule has 29 heavy (non-hydrogen) atoms. The number of pyridine rings is 2. The highest BCUT2D eigenvalue weighted by atomic mass is 14.6. The standard InChI is InChI=1S/2C9H7N.2C4H10.CH4/c1-2-6-9-8(4-1)5-3-7-10-9;1-2-4-9-7-10-6-5-8(9)3-1;2*1-4(2)3;/h2*1-7H;2*4H,1-3H3;1H4. The van der Waals surface area contributed by atoms with Gasteiger partial charge in [0.1, 0.15) is 0 Å². The maximum atomic E-state index is 4.18. The van der Waals surface area contributed by atoms with E-state index in [-0.39, 0.29) is 7.43 Å². The van der Waals surface area contributed by atoms with E-state index in [1.54, 1.807) is 0 Å². The quantitative estimate of drug-likeness (QED) is 0.301. The summed E-state index contributed by atoms with van der Waals surface area (Å²) >= 11 is 0. The minimum atomic E-state index is 0. The molecule has 0 aliphatic carbocycles. The molecule has 0 aliphatic rings. The number of hydrogen-bond donors (Lipinski definition) is 0. The van der Waals surface area contributed by atoms with Crippen LogP contribution in [0.5, 0.6) is 0 Å². The molecule has 0 unspecified atom stereocenters. The van der Waals surface area contributed by atoms with Crippen molar-refractivity contribution in [1.82, 2.24) is 9.97 Å². The molecule has 0 bridgehead atoms. The number of rotatable bonds is 0. The van der Waals surface area contributed by atoms with E-state index in [0.717, 1.165) is 17.4 Å². The lowest BCUT2D eigenvalue weighted by Crippen LogP contribution is -1.73. The number of benzene rings is 2. The topological polar surface area (TPSA) is 25.8 Å². The molecule has 0 saturated carbocycles. The van der Waals surface area contributed by atoms with Crippen molar-refractivity contribution in [3.05, 3.63) is 85.3 Å². The number of fused-ring (bicyclic) bond motifs is 2. The van der Waals surface area contributed by atoms with Gasteiger partial charge in [-0.1, -0.05) is 97.5 Å². The molecule has 0 radical (unpaired) electrons. The van der Waals surface area contributed by atoms with Gasteiger partial charge < -0.3 is 0 Å². The zero-order valence-electron chi connectivity index (χ0n) is 18.1. The van der Waals surface area contributed by atoms with Crippen molar-refractivity contribution in [2.45, 2.75) is 49.0 Å². The summed E-state index contributed by atoms with van der Waals surface area (Å²) in [6.45, 7) is 13.0. The summed E-state index contributed by atoms with van der Waals surface area (Å²) in [5.74, 6) is 1.67. The fourth-order valence-electron chi connectivity index (χ4n) is 2.04. The Hall–Kier alpha value is -2.74. The van der Waals surface area contributed by atoms with Crippen LogP contribution < -0.4 is 0 Å². The Labute approximate surface area is 178 Å². The Kier molecular flexibility index (Phi) is 13.8. The predicted octanol–water partition coefficient (Wildman–Crippen LogP) is 8.43. The Morgan fingerprint density at radius 2 is 1.03 bits per heavy atom. The third kappa shape index (κ3) is 12.4. The Balaban J connectivity index is 0.000000391. The molecule has 2 heteroatoms. The smallest absolute Gasteiger partial charge is 0.0701 e. The van der Waals surface area contributed by atoms with Crippen LogP contribution >= 0.6 is 0 Å². The van der Waals surface area contributed by atoms with Crippen molar-refractivity contribution >= 4 is 21.7 Å². The van der Waals surface area contributed by atoms with Crippen LogP contribution in [0.1, 0.15) is 49.0 Å². The van der Waals surface area contributed by atoms with Crippen LogP contribution in [-0.2, 0) is 0 Å². The lowest BCUT2D eigenvalue weighted by Gasteiger charge is -1.91. The average molecular weight is 391 g/mol. The van der Waals surface area contributed by atoms with E-state index in [1.807, 2.05) is 61.1 Å². The van der Waals surface area contributed by atoms with Crippen LogP contribution in [-0.4, -0.2) is 9.97 Å². The zero-order valence-corrected chi connectivity index (χ0v) is 18.1. The SMILES string of the molecule is C.CC(C)C.CC(C)C.c1ccc2cnccc2c1.c1ccc2ncccc2c1. The van der Waals surface area contributed by atoms with Gasteiger partial charge in [0, 0.05) is 24.0 Å². The summed E-state index contributed by atoms with van der Waals surface area (Å²) < 4.78 is 0. The van der Waals surface area contributed by atoms with Crippen LogP contribution in [0.4, 0.5) is 0 Å². The van der Waals surface area contributed by atoms with Crippen molar-refractivity contribution in [2.75, 3.05) is 0 Å². The fourth-order valence-corrected chi connectivity index (χ4v) is 2.04. The number of nitrogens with zero attached hydrogens (tertiary/aromatic N) is 2. The van der Waals surface area contributed by atoms with Crippen molar-refractivity contribution in [2.24, 2.45) is 11.8 Å². The Morgan fingerprint density at radius 1 is 0.552 bits per heavy atom. The van der Waals surface area contributed by atoms with Gasteiger partial charge in [0.15, 0.2) is 0 Å². The number of para-hydroxylation sites is 1. The summed E-state index contributed by atoms with van der Waals surface area (Å²) in [5.41, 5.74) is 1.06. The van der Waals surface area contributed by atoms with E-state index in [4.69, 9.17) is 0 Å². The lowest BCUT2D eigenvalue weighted by molar-refractivity contribution is 0.736. The zero-order chi connectivity index (χ0) is 20.8. The maximum absolute atomic E-state index is 4.18. The van der Waals surface area contributed by atoms with E-state index < -0.39 is 0 Å². The highest BCUT2D eigenvalue weighted by Crippen LogP contribution is 2.09. The molecule has 0 saturated heterocycles. The van der Waals surface area contributed by atoms with Crippen molar-refractivity contribution in [1.29, 1.82) is 0 Å². The fraction of sp³-hybridized carbons (Fsp3) is 0.333. The van der Waals surface area contributed by atoms with Crippen LogP contribution in [0.3, 0.4) is 0 Å². The molecule has 4 aromatic rings. The normalized spacial score (nSPS) is 9.38. The molecule has 2 aromatic heterocycles. The van der Waals surface area contributed by atoms with Gasteiger partial charge in [-0.3, -0.25) is 9.97 Å². The largest absolute Gasteiger partial charge is 0.264 e. The molecular formula is C27H38N2. The third-order valence-electron chi connectivity index (χ3n) is 3.06. The molecule has 0 amide bonds. The maximum Gasteiger partial charge on any atom is 0.0701 e. The lowest BCUT2D eigenvalue weighted by atomic mass is 10.2. The van der Waals surface area contributed by atoms with Crippen LogP contribution in [0.15, 0.2) is 85.3 Å². The minimum absolute atomic E-state index is 0. The molecule has 2 aromatic carbocycles. The van der Waals surface area contributed by atoms with Gasteiger partial charge in [-0.2, -0.15) is 0 Å². The van der Waals surface area contributed by atoms with E-state index in [2.05, 4.69) is 75.8 Å². The second-order valence-corrected chi connectivity index (χ2v) is 7.88. The molecule has 0 N–H and O–H groups in total. The van der Waals surface area contributed by atoms with Gasteiger partial charge in [0.05, 0.1) is 5.52 Å². The van der Waals surface area contributed by atoms with E-state index in [9.17, 15) is 0 Å². The molecule has 0 spiro atoms. The first-order valence-electron chi connectivity index (χ1n) is 9.98. The first-order valence-corrected chi connectivity index (χ1v) is 9.98. The molecule has 156 valence electrons. The molecule has 0 atom stereocenters. The highest BCUT2D eigenvalue weighted by Gasteiger charge is 1.87. The summed E-state index contributed by atoms with van der Waals surface area (Å²) in [5, 5.41) is 3.65. The third-order valence-corrected chi connectivity index (χ3v) is 3.06.